The van der Waals surface area contributed by atoms with Crippen molar-refractivity contribution in [3.8, 4) is 5.75 Å². The molecule has 10 heteroatoms. The monoisotopic (exact) mass is 480 g/mol. The fourth-order valence-electron chi connectivity index (χ4n) is 4.90. The van der Waals surface area contributed by atoms with E-state index >= 15 is 0 Å². The molecule has 1 aromatic heterocycles. The molecule has 0 aliphatic carbocycles. The number of benzene rings is 1. The number of carbonyl (C=O) groups is 2. The molecule has 4 heterocycles. The van der Waals surface area contributed by atoms with E-state index in [0.717, 1.165) is 42.0 Å². The van der Waals surface area contributed by atoms with Crippen LogP contribution in [0.3, 0.4) is 0 Å². The van der Waals surface area contributed by atoms with Crippen LogP contribution in [0.15, 0.2) is 30.3 Å². The van der Waals surface area contributed by atoms with E-state index in [1.807, 2.05) is 42.2 Å². The SMILES string of the molecule is COc1ccc(N2CC(C(=O)N3CCN(c4cc(C)nc(N5CCOCC5)n4)CC3)CC2=O)cc1. The van der Waals surface area contributed by atoms with Gasteiger partial charge in [-0.25, -0.2) is 4.98 Å². The molecule has 3 saturated heterocycles. The number of aryl methyl sites for hydroxylation is 1. The highest BCUT2D eigenvalue weighted by Crippen LogP contribution is 2.28. The number of methoxy groups -OCH3 is 1. The first kappa shape index (κ1) is 23.3. The van der Waals surface area contributed by atoms with Gasteiger partial charge < -0.3 is 29.1 Å². The molecule has 1 unspecified atom stereocenters. The Hall–Kier alpha value is -3.40. The van der Waals surface area contributed by atoms with Crippen molar-refractivity contribution in [3.63, 3.8) is 0 Å². The summed E-state index contributed by atoms with van der Waals surface area (Å²) >= 11 is 0. The Morgan fingerprint density at radius 3 is 2.40 bits per heavy atom. The summed E-state index contributed by atoms with van der Waals surface area (Å²) < 4.78 is 10.6. The van der Waals surface area contributed by atoms with Crippen molar-refractivity contribution >= 4 is 29.3 Å². The van der Waals surface area contributed by atoms with Crippen LogP contribution in [0.2, 0.25) is 0 Å². The lowest BCUT2D eigenvalue weighted by atomic mass is 10.1. The van der Waals surface area contributed by atoms with Gasteiger partial charge in [0.25, 0.3) is 0 Å². The fraction of sp³-hybridized carbons (Fsp3) is 0.520. The maximum atomic E-state index is 13.2. The van der Waals surface area contributed by atoms with E-state index in [4.69, 9.17) is 14.5 Å². The van der Waals surface area contributed by atoms with Gasteiger partial charge in [-0.3, -0.25) is 9.59 Å². The van der Waals surface area contributed by atoms with Gasteiger partial charge in [-0.1, -0.05) is 0 Å². The molecule has 0 bridgehead atoms. The van der Waals surface area contributed by atoms with Crippen LogP contribution < -0.4 is 19.4 Å². The average molecular weight is 481 g/mol. The Kier molecular flexibility index (Phi) is 6.72. The predicted molar refractivity (Wildman–Crippen MR) is 132 cm³/mol. The van der Waals surface area contributed by atoms with Gasteiger partial charge in [0.2, 0.25) is 17.8 Å². The Morgan fingerprint density at radius 2 is 1.71 bits per heavy atom. The van der Waals surface area contributed by atoms with E-state index in [2.05, 4.69) is 14.8 Å². The van der Waals surface area contributed by atoms with Crippen LogP contribution in [0.4, 0.5) is 17.5 Å². The number of amides is 2. The summed E-state index contributed by atoms with van der Waals surface area (Å²) in [7, 11) is 1.61. The second-order valence-electron chi connectivity index (χ2n) is 9.18. The Balaban J connectivity index is 1.19. The van der Waals surface area contributed by atoms with E-state index in [9.17, 15) is 9.59 Å². The number of ether oxygens (including phenoxy) is 2. The van der Waals surface area contributed by atoms with Gasteiger partial charge in [0.05, 0.1) is 26.2 Å². The van der Waals surface area contributed by atoms with Crippen LogP contribution in [-0.2, 0) is 14.3 Å². The van der Waals surface area contributed by atoms with Gasteiger partial charge in [-0.15, -0.1) is 0 Å². The number of piperazine rings is 1. The van der Waals surface area contributed by atoms with Crippen molar-refractivity contribution in [2.45, 2.75) is 13.3 Å². The van der Waals surface area contributed by atoms with Crippen LogP contribution in [0.1, 0.15) is 12.1 Å². The number of hydrogen-bond acceptors (Lipinski definition) is 8. The molecule has 1 aromatic carbocycles. The third kappa shape index (κ3) is 5.02. The van der Waals surface area contributed by atoms with Crippen LogP contribution in [0, 0.1) is 12.8 Å². The van der Waals surface area contributed by atoms with E-state index in [0.29, 0.717) is 45.9 Å². The molecule has 0 spiro atoms. The molecule has 1 atom stereocenters. The van der Waals surface area contributed by atoms with Crippen molar-refractivity contribution in [3.05, 3.63) is 36.0 Å². The van der Waals surface area contributed by atoms with Gasteiger partial charge >= 0.3 is 0 Å². The Morgan fingerprint density at radius 1 is 1.00 bits per heavy atom. The summed E-state index contributed by atoms with van der Waals surface area (Å²) in [4.78, 5) is 43.3. The van der Waals surface area contributed by atoms with E-state index in [-0.39, 0.29) is 24.2 Å². The first-order chi connectivity index (χ1) is 17.0. The topological polar surface area (TPSA) is 91.3 Å². The minimum absolute atomic E-state index is 0.0146. The molecule has 3 fully saturated rings. The van der Waals surface area contributed by atoms with Crippen molar-refractivity contribution in [1.29, 1.82) is 0 Å². The second kappa shape index (κ2) is 10.1. The Bertz CT molecular complexity index is 1060. The highest BCUT2D eigenvalue weighted by Gasteiger charge is 2.38. The molecular weight excluding hydrogens is 448 g/mol. The summed E-state index contributed by atoms with van der Waals surface area (Å²) in [6, 6.07) is 9.38. The molecule has 2 aromatic rings. The van der Waals surface area contributed by atoms with E-state index < -0.39 is 0 Å². The molecule has 35 heavy (non-hydrogen) atoms. The number of carbonyl (C=O) groups excluding carboxylic acids is 2. The highest BCUT2D eigenvalue weighted by molar-refractivity contribution is 6.00. The molecule has 3 aliphatic heterocycles. The lowest BCUT2D eigenvalue weighted by molar-refractivity contribution is -0.136. The smallest absolute Gasteiger partial charge is 0.228 e. The number of aromatic nitrogens is 2. The lowest BCUT2D eigenvalue weighted by Gasteiger charge is -2.37. The zero-order valence-corrected chi connectivity index (χ0v) is 20.4. The van der Waals surface area contributed by atoms with Gasteiger partial charge in [0, 0.05) is 69.7 Å². The van der Waals surface area contributed by atoms with Crippen molar-refractivity contribution in [2.75, 3.05) is 80.8 Å². The number of anilines is 3. The first-order valence-electron chi connectivity index (χ1n) is 12.2. The number of rotatable bonds is 5. The van der Waals surface area contributed by atoms with Gasteiger partial charge in [-0.2, -0.15) is 4.98 Å². The van der Waals surface area contributed by atoms with Gasteiger partial charge in [-0.05, 0) is 31.2 Å². The molecular formula is C25H32N6O4. The van der Waals surface area contributed by atoms with Crippen molar-refractivity contribution < 1.29 is 19.1 Å². The third-order valence-corrected chi connectivity index (χ3v) is 6.90. The summed E-state index contributed by atoms with van der Waals surface area (Å²) in [6.07, 6.45) is 0.249. The zero-order valence-electron chi connectivity index (χ0n) is 20.4. The summed E-state index contributed by atoms with van der Waals surface area (Å²) in [5.74, 6) is 2.10. The molecule has 0 radical (unpaired) electrons. The first-order valence-corrected chi connectivity index (χ1v) is 12.2. The maximum absolute atomic E-state index is 13.2. The van der Waals surface area contributed by atoms with E-state index in [1.54, 1.807) is 12.0 Å². The molecule has 0 N–H and O–H groups in total. The molecule has 10 nitrogen and oxygen atoms in total. The van der Waals surface area contributed by atoms with E-state index in [1.165, 1.54) is 0 Å². The lowest BCUT2D eigenvalue weighted by Crippen LogP contribution is -2.51. The summed E-state index contributed by atoms with van der Waals surface area (Å²) in [5.41, 5.74) is 1.73. The summed E-state index contributed by atoms with van der Waals surface area (Å²) in [5, 5.41) is 0. The van der Waals surface area contributed by atoms with Crippen LogP contribution in [0.5, 0.6) is 5.75 Å². The molecule has 0 saturated carbocycles. The number of morpholine rings is 1. The molecule has 186 valence electrons. The van der Waals surface area contributed by atoms with Gasteiger partial charge in [0.1, 0.15) is 11.6 Å². The fourth-order valence-corrected chi connectivity index (χ4v) is 4.90. The number of hydrogen-bond donors (Lipinski definition) is 0. The minimum atomic E-state index is -0.314. The quantitative estimate of drug-likeness (QED) is 0.633. The molecule has 2 amide bonds. The van der Waals surface area contributed by atoms with Crippen molar-refractivity contribution in [2.24, 2.45) is 5.92 Å². The van der Waals surface area contributed by atoms with Crippen LogP contribution >= 0.6 is 0 Å². The predicted octanol–water partition coefficient (Wildman–Crippen LogP) is 1.33. The summed E-state index contributed by atoms with van der Waals surface area (Å²) in [6.45, 7) is 7.99. The standard InChI is InChI=1S/C25H32N6O4/c1-18-15-22(27-25(26-18)30-11-13-35-14-12-30)28-7-9-29(10-8-28)24(33)19-16-23(32)31(17-19)20-3-5-21(34-2)6-4-20/h3-6,15,19H,7-14,16-17H2,1-2H3. The third-order valence-electron chi connectivity index (χ3n) is 6.90. The number of nitrogens with zero attached hydrogens (tertiary/aromatic N) is 6. The Labute approximate surface area is 205 Å². The largest absolute Gasteiger partial charge is 0.497 e. The van der Waals surface area contributed by atoms with Crippen molar-refractivity contribution in [1.82, 2.24) is 14.9 Å². The average Bonchev–Trinajstić information content (AvgIpc) is 3.30. The van der Waals surface area contributed by atoms with Crippen LogP contribution in [-0.4, -0.2) is 92.8 Å². The maximum Gasteiger partial charge on any atom is 0.228 e. The zero-order chi connectivity index (χ0) is 24.4. The molecule has 5 rings (SSSR count). The normalized spacial score (nSPS) is 21.0. The minimum Gasteiger partial charge on any atom is -0.497 e. The van der Waals surface area contributed by atoms with Gasteiger partial charge in [0.15, 0.2) is 0 Å². The molecule has 3 aliphatic rings. The highest BCUT2D eigenvalue weighted by atomic mass is 16.5. The van der Waals surface area contributed by atoms with Crippen LogP contribution in [0.25, 0.3) is 0 Å². The second-order valence-corrected chi connectivity index (χ2v) is 9.18.